The molecule has 3 fully saturated rings. The number of rotatable bonds is 1. The molecule has 4 bridgehead atoms. The molecule has 0 amide bonds. The van der Waals surface area contributed by atoms with Gasteiger partial charge in [-0.05, 0) is 43.4 Å². The van der Waals surface area contributed by atoms with Crippen molar-refractivity contribution in [2.45, 2.75) is 25.7 Å². The van der Waals surface area contributed by atoms with Gasteiger partial charge in [0.25, 0.3) is 0 Å². The molecule has 3 rings (SSSR count). The summed E-state index contributed by atoms with van der Waals surface area (Å²) in [5.74, 6) is 2.07. The van der Waals surface area contributed by atoms with Crippen LogP contribution in [0.4, 0.5) is 0 Å². The van der Waals surface area contributed by atoms with Gasteiger partial charge in [0, 0.05) is 5.92 Å². The minimum Gasteiger partial charge on any atom is -0.303 e. The second-order valence-electron chi connectivity index (χ2n) is 4.90. The van der Waals surface area contributed by atoms with Crippen molar-refractivity contribution >= 4 is 12.1 Å². The second-order valence-corrected chi connectivity index (χ2v) is 4.90. The zero-order valence-electron chi connectivity index (χ0n) is 7.61. The third kappa shape index (κ3) is 0.839. The lowest BCUT2D eigenvalue weighted by atomic mass is 9.78. The smallest absolute Gasteiger partial charge is 0.146 e. The van der Waals surface area contributed by atoms with Crippen LogP contribution in [0.5, 0.6) is 0 Å². The van der Waals surface area contributed by atoms with Crippen molar-refractivity contribution in [2.24, 2.45) is 29.6 Å². The van der Waals surface area contributed by atoms with Gasteiger partial charge in [-0.15, -0.1) is 0 Å². The maximum atomic E-state index is 11.8. The molecule has 0 aromatic rings. The van der Waals surface area contributed by atoms with E-state index in [4.69, 9.17) is 0 Å². The van der Waals surface area contributed by atoms with Crippen molar-refractivity contribution in [3.05, 3.63) is 0 Å². The number of carbonyl (C=O) groups excluding carboxylic acids is 2. The van der Waals surface area contributed by atoms with E-state index < -0.39 is 0 Å². The van der Waals surface area contributed by atoms with Gasteiger partial charge in [0.15, 0.2) is 0 Å². The van der Waals surface area contributed by atoms with Gasteiger partial charge in [-0.1, -0.05) is 0 Å². The van der Waals surface area contributed by atoms with Gasteiger partial charge < -0.3 is 4.79 Å². The zero-order valence-corrected chi connectivity index (χ0v) is 7.61. The lowest BCUT2D eigenvalue weighted by Gasteiger charge is -2.25. The summed E-state index contributed by atoms with van der Waals surface area (Å²) in [5, 5.41) is 0. The monoisotopic (exact) mass is 178 g/mol. The molecule has 2 nitrogen and oxygen atoms in total. The number of ketones is 1. The Kier molecular flexibility index (Phi) is 1.44. The molecule has 5 atom stereocenters. The second kappa shape index (κ2) is 2.43. The molecule has 70 valence electrons. The zero-order chi connectivity index (χ0) is 9.00. The lowest BCUT2D eigenvalue weighted by Crippen LogP contribution is -2.21. The highest BCUT2D eigenvalue weighted by molar-refractivity contribution is 5.97. The highest BCUT2D eigenvalue weighted by Gasteiger charge is 2.54. The predicted octanol–water partition coefficient (Wildman–Crippen LogP) is 1.44. The van der Waals surface area contributed by atoms with Gasteiger partial charge in [0.05, 0.1) is 5.92 Å². The van der Waals surface area contributed by atoms with E-state index in [1.54, 1.807) is 0 Å². The van der Waals surface area contributed by atoms with Crippen LogP contribution in [0.1, 0.15) is 25.7 Å². The van der Waals surface area contributed by atoms with Crippen LogP contribution in [0.15, 0.2) is 0 Å². The molecule has 0 aromatic carbocycles. The molecule has 0 aromatic heterocycles. The van der Waals surface area contributed by atoms with Crippen LogP contribution >= 0.6 is 0 Å². The van der Waals surface area contributed by atoms with Crippen LogP contribution < -0.4 is 0 Å². The lowest BCUT2D eigenvalue weighted by molar-refractivity contribution is -0.129. The Morgan fingerprint density at radius 2 is 1.92 bits per heavy atom. The quantitative estimate of drug-likeness (QED) is 0.449. The van der Waals surface area contributed by atoms with Crippen molar-refractivity contribution in [1.82, 2.24) is 0 Å². The van der Waals surface area contributed by atoms with Gasteiger partial charge in [-0.3, -0.25) is 4.79 Å². The van der Waals surface area contributed by atoms with Crippen LogP contribution in [0, 0.1) is 29.6 Å². The largest absolute Gasteiger partial charge is 0.303 e. The normalized spacial score (nSPS) is 52.6. The van der Waals surface area contributed by atoms with Gasteiger partial charge in [-0.25, -0.2) is 0 Å². The Morgan fingerprint density at radius 1 is 1.15 bits per heavy atom. The van der Waals surface area contributed by atoms with Crippen LogP contribution in [0.3, 0.4) is 0 Å². The first kappa shape index (κ1) is 7.72. The molecule has 13 heavy (non-hydrogen) atoms. The Bertz CT molecular complexity index is 271. The molecule has 3 aliphatic carbocycles. The van der Waals surface area contributed by atoms with Crippen molar-refractivity contribution < 1.29 is 9.59 Å². The first-order valence-electron chi connectivity index (χ1n) is 5.30. The fraction of sp³-hybridized carbons (Fsp3) is 0.818. The molecule has 0 heterocycles. The first-order chi connectivity index (χ1) is 6.31. The molecule has 3 aliphatic rings. The van der Waals surface area contributed by atoms with Crippen molar-refractivity contribution in [3.63, 3.8) is 0 Å². The van der Waals surface area contributed by atoms with E-state index in [9.17, 15) is 9.59 Å². The van der Waals surface area contributed by atoms with Gasteiger partial charge in [-0.2, -0.15) is 0 Å². The highest BCUT2D eigenvalue weighted by atomic mass is 16.1. The summed E-state index contributed by atoms with van der Waals surface area (Å²) in [6, 6.07) is 0. The van der Waals surface area contributed by atoms with E-state index >= 15 is 0 Å². The minimum absolute atomic E-state index is 0.222. The maximum absolute atomic E-state index is 11.8. The Labute approximate surface area is 77.7 Å². The Morgan fingerprint density at radius 3 is 2.69 bits per heavy atom. The topological polar surface area (TPSA) is 34.1 Å². The molecule has 0 N–H and O–H groups in total. The maximum Gasteiger partial charge on any atom is 0.146 e. The van der Waals surface area contributed by atoms with Gasteiger partial charge in [0.1, 0.15) is 12.1 Å². The molecule has 0 spiro atoms. The average molecular weight is 178 g/mol. The van der Waals surface area contributed by atoms with E-state index in [0.29, 0.717) is 17.8 Å². The van der Waals surface area contributed by atoms with Crippen molar-refractivity contribution in [1.29, 1.82) is 0 Å². The van der Waals surface area contributed by atoms with Crippen LogP contribution in [-0.4, -0.2) is 12.1 Å². The van der Waals surface area contributed by atoms with Gasteiger partial charge >= 0.3 is 0 Å². The van der Waals surface area contributed by atoms with Crippen LogP contribution in [-0.2, 0) is 9.59 Å². The van der Waals surface area contributed by atoms with Crippen LogP contribution in [0.25, 0.3) is 0 Å². The Balaban J connectivity index is 1.99. The molecule has 0 radical (unpaired) electrons. The molecule has 1 unspecified atom stereocenters. The highest BCUT2D eigenvalue weighted by Crippen LogP contribution is 2.56. The summed E-state index contributed by atoms with van der Waals surface area (Å²) in [6.07, 6.45) is 5.67. The number of aldehydes is 1. The van der Waals surface area contributed by atoms with Crippen molar-refractivity contribution in [3.8, 4) is 0 Å². The fourth-order valence-electron chi connectivity index (χ4n) is 3.90. The number of carbonyl (C=O) groups is 2. The van der Waals surface area contributed by atoms with E-state index in [1.165, 1.54) is 19.3 Å². The molecule has 0 aliphatic heterocycles. The van der Waals surface area contributed by atoms with E-state index in [0.717, 1.165) is 12.7 Å². The summed E-state index contributed by atoms with van der Waals surface area (Å²) in [6.45, 7) is 0. The molecular weight excluding hydrogens is 164 g/mol. The SMILES string of the molecule is O=CC1C(=O)[C@H]2C[C@@H]1[C@@H]1CC[C@H]2C1. The first-order valence-corrected chi connectivity index (χ1v) is 5.30. The summed E-state index contributed by atoms with van der Waals surface area (Å²) >= 11 is 0. The summed E-state index contributed by atoms with van der Waals surface area (Å²) < 4.78 is 0. The predicted molar refractivity (Wildman–Crippen MR) is 47.0 cm³/mol. The number of Topliss-reactive ketones (excluding diaryl/α,β-unsaturated/α-hetero) is 1. The molecule has 3 saturated carbocycles. The van der Waals surface area contributed by atoms with E-state index in [-0.39, 0.29) is 17.6 Å². The minimum atomic E-state index is -0.222. The van der Waals surface area contributed by atoms with Crippen molar-refractivity contribution in [2.75, 3.05) is 0 Å². The fourth-order valence-corrected chi connectivity index (χ4v) is 3.90. The summed E-state index contributed by atoms with van der Waals surface area (Å²) in [5.41, 5.74) is 0. The molecule has 2 heteroatoms. The average Bonchev–Trinajstić information content (AvgIpc) is 2.63. The summed E-state index contributed by atoms with van der Waals surface area (Å²) in [4.78, 5) is 22.6. The molecular formula is C11H14O2. The third-order valence-corrected chi connectivity index (χ3v) is 4.52. The van der Waals surface area contributed by atoms with E-state index in [1.807, 2.05) is 0 Å². The number of fused-ring (bicyclic) bond motifs is 6. The molecule has 0 saturated heterocycles. The number of hydrogen-bond donors (Lipinski definition) is 0. The van der Waals surface area contributed by atoms with Crippen LogP contribution in [0.2, 0.25) is 0 Å². The number of hydrogen-bond acceptors (Lipinski definition) is 2. The summed E-state index contributed by atoms with van der Waals surface area (Å²) in [7, 11) is 0. The van der Waals surface area contributed by atoms with Gasteiger partial charge in [0.2, 0.25) is 0 Å². The standard InChI is InChI=1S/C11H14O2/c12-5-10-8-4-9(11(10)13)7-2-1-6(8)3-7/h5-10H,1-4H2/t6-,7+,8-,9+,10?/m1/s1. The Hall–Kier alpha value is -0.660. The third-order valence-electron chi connectivity index (χ3n) is 4.52. The van der Waals surface area contributed by atoms with E-state index in [2.05, 4.69) is 0 Å².